The second kappa shape index (κ2) is 8.71. The van der Waals surface area contributed by atoms with Gasteiger partial charge in [0.15, 0.2) is 6.04 Å². The quantitative estimate of drug-likeness (QED) is 0.570. The monoisotopic (exact) mass is 275 g/mol. The van der Waals surface area contributed by atoms with E-state index in [1.54, 1.807) is 0 Å². The minimum Gasteiger partial charge on any atom is -0.480 e. The first-order chi connectivity index (χ1) is 8.79. The average Bonchev–Trinajstić information content (AvgIpc) is 2.30. The van der Waals surface area contributed by atoms with Crippen LogP contribution in [0.25, 0.3) is 0 Å². The Balaban J connectivity index is 4.37. The molecule has 0 fully saturated rings. The number of aliphatic hydroxyl groups excluding tert-OH is 1. The van der Waals surface area contributed by atoms with Gasteiger partial charge in [0.05, 0.1) is 6.10 Å². The SMILES string of the molecule is CCN(CCCN(C)C)C(=O)N[C@H](C(=O)O)[C@@H](C)O. The molecule has 112 valence electrons. The van der Waals surface area contributed by atoms with E-state index < -0.39 is 24.1 Å². The molecule has 0 aromatic carbocycles. The molecule has 0 unspecified atom stereocenters. The van der Waals surface area contributed by atoms with Crippen LogP contribution in [0.15, 0.2) is 0 Å². The number of urea groups is 1. The lowest BCUT2D eigenvalue weighted by atomic mass is 10.2. The van der Waals surface area contributed by atoms with E-state index in [0.717, 1.165) is 13.0 Å². The molecule has 0 aromatic heterocycles. The maximum absolute atomic E-state index is 11.9. The van der Waals surface area contributed by atoms with Gasteiger partial charge >= 0.3 is 12.0 Å². The number of hydrogen-bond donors (Lipinski definition) is 3. The molecular formula is C12H25N3O4. The highest BCUT2D eigenvalue weighted by Gasteiger charge is 2.26. The van der Waals surface area contributed by atoms with Gasteiger partial charge in [0, 0.05) is 13.1 Å². The second-order valence-corrected chi connectivity index (χ2v) is 4.74. The number of amides is 2. The van der Waals surface area contributed by atoms with Crippen molar-refractivity contribution in [2.45, 2.75) is 32.4 Å². The van der Waals surface area contributed by atoms with E-state index in [-0.39, 0.29) is 0 Å². The molecular weight excluding hydrogens is 250 g/mol. The van der Waals surface area contributed by atoms with Crippen molar-refractivity contribution in [3.05, 3.63) is 0 Å². The Kier molecular flexibility index (Phi) is 8.09. The van der Waals surface area contributed by atoms with Gasteiger partial charge in [-0.2, -0.15) is 0 Å². The van der Waals surface area contributed by atoms with Crippen LogP contribution in [0.1, 0.15) is 20.3 Å². The van der Waals surface area contributed by atoms with Crippen LogP contribution in [0, 0.1) is 0 Å². The van der Waals surface area contributed by atoms with E-state index in [2.05, 4.69) is 5.32 Å². The number of carboxylic acids is 1. The average molecular weight is 275 g/mol. The number of rotatable bonds is 8. The van der Waals surface area contributed by atoms with E-state index in [4.69, 9.17) is 5.11 Å². The fourth-order valence-corrected chi connectivity index (χ4v) is 1.59. The van der Waals surface area contributed by atoms with Crippen molar-refractivity contribution < 1.29 is 19.8 Å². The smallest absolute Gasteiger partial charge is 0.328 e. The Bertz CT molecular complexity index is 295. The largest absolute Gasteiger partial charge is 0.480 e. The topological polar surface area (TPSA) is 93.1 Å². The minimum absolute atomic E-state index is 0.463. The number of carbonyl (C=O) groups is 2. The molecule has 0 heterocycles. The summed E-state index contributed by atoms with van der Waals surface area (Å²) in [6, 6.07) is -1.75. The molecule has 0 spiro atoms. The molecule has 2 atom stereocenters. The zero-order valence-electron chi connectivity index (χ0n) is 12.1. The summed E-state index contributed by atoms with van der Waals surface area (Å²) in [5.41, 5.74) is 0. The zero-order chi connectivity index (χ0) is 15.0. The zero-order valence-corrected chi connectivity index (χ0v) is 12.1. The van der Waals surface area contributed by atoms with Gasteiger partial charge in [-0.25, -0.2) is 9.59 Å². The Morgan fingerprint density at radius 1 is 1.26 bits per heavy atom. The van der Waals surface area contributed by atoms with Gasteiger partial charge in [-0.15, -0.1) is 0 Å². The number of hydrogen-bond acceptors (Lipinski definition) is 4. The molecule has 7 heteroatoms. The molecule has 0 saturated carbocycles. The number of aliphatic hydroxyl groups is 1. The molecule has 2 amide bonds. The van der Waals surface area contributed by atoms with Gasteiger partial charge in [-0.3, -0.25) is 0 Å². The molecule has 0 radical (unpaired) electrons. The lowest BCUT2D eigenvalue weighted by molar-refractivity contribution is -0.141. The molecule has 0 saturated heterocycles. The molecule has 0 aliphatic carbocycles. The Labute approximate surface area is 114 Å². The molecule has 0 aliphatic heterocycles. The highest BCUT2D eigenvalue weighted by Crippen LogP contribution is 1.98. The van der Waals surface area contributed by atoms with Crippen molar-refractivity contribution in [2.24, 2.45) is 0 Å². The maximum Gasteiger partial charge on any atom is 0.328 e. The highest BCUT2D eigenvalue weighted by atomic mass is 16.4. The standard InChI is InChI=1S/C12H25N3O4/c1-5-15(8-6-7-14(3)4)12(19)13-10(9(2)16)11(17)18/h9-10,16H,5-8H2,1-4H3,(H,13,19)(H,17,18)/t9-,10+/m1/s1. The minimum atomic E-state index is -1.28. The molecule has 7 nitrogen and oxygen atoms in total. The van der Waals surface area contributed by atoms with E-state index >= 15 is 0 Å². The fourth-order valence-electron chi connectivity index (χ4n) is 1.59. The summed E-state index contributed by atoms with van der Waals surface area (Å²) in [5.74, 6) is -1.24. The Morgan fingerprint density at radius 3 is 2.21 bits per heavy atom. The Hall–Kier alpha value is -1.34. The first-order valence-corrected chi connectivity index (χ1v) is 6.40. The van der Waals surface area contributed by atoms with E-state index in [1.807, 2.05) is 25.9 Å². The summed E-state index contributed by atoms with van der Waals surface area (Å²) in [4.78, 5) is 26.3. The van der Waals surface area contributed by atoms with Crippen molar-refractivity contribution in [2.75, 3.05) is 33.7 Å². The summed E-state index contributed by atoms with van der Waals surface area (Å²) in [6.07, 6.45) is -0.331. The van der Waals surface area contributed by atoms with Crippen LogP contribution in [0.4, 0.5) is 4.79 Å². The van der Waals surface area contributed by atoms with Gasteiger partial charge in [0.25, 0.3) is 0 Å². The Morgan fingerprint density at radius 2 is 1.84 bits per heavy atom. The van der Waals surface area contributed by atoms with Crippen LogP contribution < -0.4 is 5.32 Å². The molecule has 0 aliphatic rings. The van der Waals surface area contributed by atoms with Gasteiger partial charge in [0.1, 0.15) is 0 Å². The van der Waals surface area contributed by atoms with Crippen molar-refractivity contribution in [1.29, 1.82) is 0 Å². The predicted molar refractivity (Wildman–Crippen MR) is 72.1 cm³/mol. The first-order valence-electron chi connectivity index (χ1n) is 6.40. The van der Waals surface area contributed by atoms with Crippen LogP contribution >= 0.6 is 0 Å². The summed E-state index contributed by atoms with van der Waals surface area (Å²) in [5, 5.41) is 20.5. The number of nitrogens with zero attached hydrogens (tertiary/aromatic N) is 2. The van der Waals surface area contributed by atoms with Crippen molar-refractivity contribution >= 4 is 12.0 Å². The number of nitrogens with one attached hydrogen (secondary N) is 1. The summed E-state index contributed by atoms with van der Waals surface area (Å²) >= 11 is 0. The summed E-state index contributed by atoms with van der Waals surface area (Å²) < 4.78 is 0. The lowest BCUT2D eigenvalue weighted by Gasteiger charge is -2.25. The normalized spacial score (nSPS) is 14.0. The molecule has 19 heavy (non-hydrogen) atoms. The fraction of sp³-hybridized carbons (Fsp3) is 0.833. The van der Waals surface area contributed by atoms with Crippen molar-refractivity contribution in [3.63, 3.8) is 0 Å². The molecule has 0 aromatic rings. The van der Waals surface area contributed by atoms with Gasteiger partial charge in [0.2, 0.25) is 0 Å². The van der Waals surface area contributed by atoms with Crippen molar-refractivity contribution in [3.8, 4) is 0 Å². The van der Waals surface area contributed by atoms with Crippen molar-refractivity contribution in [1.82, 2.24) is 15.1 Å². The van der Waals surface area contributed by atoms with Gasteiger partial charge in [-0.1, -0.05) is 0 Å². The molecule has 3 N–H and O–H groups in total. The van der Waals surface area contributed by atoms with Gasteiger partial charge in [-0.05, 0) is 40.9 Å². The maximum atomic E-state index is 11.9. The van der Waals surface area contributed by atoms with Crippen LogP contribution in [-0.4, -0.2) is 77.9 Å². The van der Waals surface area contributed by atoms with E-state index in [9.17, 15) is 14.7 Å². The third kappa shape index (κ3) is 6.97. The number of aliphatic carboxylic acids is 1. The van der Waals surface area contributed by atoms with Crippen LogP contribution in [0.5, 0.6) is 0 Å². The molecule has 0 bridgehead atoms. The highest BCUT2D eigenvalue weighted by molar-refractivity contribution is 5.83. The van der Waals surface area contributed by atoms with E-state index in [0.29, 0.717) is 13.1 Å². The second-order valence-electron chi connectivity index (χ2n) is 4.74. The van der Waals surface area contributed by atoms with Crippen LogP contribution in [0.3, 0.4) is 0 Å². The summed E-state index contributed by atoms with van der Waals surface area (Å²) in [7, 11) is 3.90. The number of carboxylic acid groups (broad SMARTS) is 1. The first kappa shape index (κ1) is 17.7. The third-order valence-electron chi connectivity index (χ3n) is 2.73. The van der Waals surface area contributed by atoms with Gasteiger partial charge < -0.3 is 25.3 Å². The van der Waals surface area contributed by atoms with E-state index in [1.165, 1.54) is 11.8 Å². The van der Waals surface area contributed by atoms with Crippen LogP contribution in [-0.2, 0) is 4.79 Å². The molecule has 0 rings (SSSR count). The summed E-state index contributed by atoms with van der Waals surface area (Å²) in [6.45, 7) is 5.05. The van der Waals surface area contributed by atoms with Crippen LogP contribution in [0.2, 0.25) is 0 Å². The lowest BCUT2D eigenvalue weighted by Crippen LogP contribution is -2.52. The predicted octanol–water partition coefficient (Wildman–Crippen LogP) is -0.196. The number of carbonyl (C=O) groups excluding carboxylic acids is 1. The third-order valence-corrected chi connectivity index (χ3v) is 2.73.